The molecule has 4 aromatic carbocycles. The summed E-state index contributed by atoms with van der Waals surface area (Å²) >= 11 is 6.24. The molecule has 1 unspecified atom stereocenters. The van der Waals surface area contributed by atoms with Gasteiger partial charge in [0, 0.05) is 16.1 Å². The van der Waals surface area contributed by atoms with Crippen LogP contribution in [-0.2, 0) is 14.9 Å². The largest absolute Gasteiger partial charge is 0.481 e. The number of amides is 1. The van der Waals surface area contributed by atoms with E-state index in [2.05, 4.69) is 10.5 Å². The Kier molecular flexibility index (Phi) is 6.03. The summed E-state index contributed by atoms with van der Waals surface area (Å²) in [6.07, 6.45) is 0.142. The van der Waals surface area contributed by atoms with Gasteiger partial charge in [-0.25, -0.2) is 4.79 Å². The monoisotopic (exact) mass is 540 g/mol. The minimum Gasteiger partial charge on any atom is -0.481 e. The fraction of sp³-hybridized carbons (Fsp3) is 0.194. The molecule has 8 heteroatoms. The van der Waals surface area contributed by atoms with Crippen LogP contribution in [0.5, 0.6) is 0 Å². The maximum atomic E-state index is 12.8. The second kappa shape index (κ2) is 9.43. The normalized spacial score (nSPS) is 14.7. The van der Waals surface area contributed by atoms with E-state index in [1.807, 2.05) is 66.7 Å². The van der Waals surface area contributed by atoms with Crippen LogP contribution in [0.25, 0.3) is 32.9 Å². The Labute approximate surface area is 229 Å². The summed E-state index contributed by atoms with van der Waals surface area (Å²) in [4.78, 5) is 24.5. The first-order chi connectivity index (χ1) is 18.8. The summed E-state index contributed by atoms with van der Waals surface area (Å²) in [7, 11) is 0. The summed E-state index contributed by atoms with van der Waals surface area (Å²) in [5.74, 6) is -0.342. The van der Waals surface area contributed by atoms with Gasteiger partial charge in [0.1, 0.15) is 17.5 Å². The van der Waals surface area contributed by atoms with Crippen LogP contribution < -0.4 is 5.32 Å². The van der Waals surface area contributed by atoms with Crippen LogP contribution in [0.15, 0.2) is 77.3 Å². The molecule has 1 saturated carbocycles. The molecule has 0 aliphatic heterocycles. The SMILES string of the molecule is Cc1noc(-c2ccc3c(ccc4cc(C5(C(=O)O)CC5)ccc43)c2)c1NC(=O)OC(C)c1ccccc1Cl. The molecule has 6 rings (SSSR count). The van der Waals surface area contributed by atoms with E-state index in [4.69, 9.17) is 20.9 Å². The molecule has 1 amide bonds. The van der Waals surface area contributed by atoms with Gasteiger partial charge in [-0.05, 0) is 72.0 Å². The van der Waals surface area contributed by atoms with Crippen LogP contribution in [0.4, 0.5) is 10.5 Å². The van der Waals surface area contributed by atoms with Crippen molar-refractivity contribution < 1.29 is 24.0 Å². The van der Waals surface area contributed by atoms with E-state index in [0.29, 0.717) is 40.6 Å². The summed E-state index contributed by atoms with van der Waals surface area (Å²) < 4.78 is 11.2. The van der Waals surface area contributed by atoms with Gasteiger partial charge < -0.3 is 14.4 Å². The number of anilines is 1. The average Bonchev–Trinajstić information content (AvgIpc) is 3.67. The highest BCUT2D eigenvalue weighted by Crippen LogP contribution is 2.49. The summed E-state index contributed by atoms with van der Waals surface area (Å²) in [6.45, 7) is 3.50. The lowest BCUT2D eigenvalue weighted by Crippen LogP contribution is -2.19. The molecular formula is C31H25ClN2O5. The number of ether oxygens (including phenoxy) is 1. The van der Waals surface area contributed by atoms with Gasteiger partial charge in [-0.2, -0.15) is 0 Å². The summed E-state index contributed by atoms with van der Waals surface area (Å²) in [5, 5.41) is 21.1. The molecule has 1 atom stereocenters. The minimum atomic E-state index is -0.763. The summed E-state index contributed by atoms with van der Waals surface area (Å²) in [6, 6.07) is 23.0. The zero-order valence-corrected chi connectivity index (χ0v) is 22.1. The topological polar surface area (TPSA) is 102 Å². The lowest BCUT2D eigenvalue weighted by molar-refractivity contribution is -0.140. The van der Waals surface area contributed by atoms with E-state index in [1.165, 1.54) is 0 Å². The van der Waals surface area contributed by atoms with E-state index in [9.17, 15) is 14.7 Å². The molecule has 0 spiro atoms. The predicted molar refractivity (Wildman–Crippen MR) is 150 cm³/mol. The van der Waals surface area contributed by atoms with Crippen molar-refractivity contribution in [3.05, 3.63) is 94.6 Å². The van der Waals surface area contributed by atoms with Crippen molar-refractivity contribution in [2.45, 2.75) is 38.2 Å². The first-order valence-corrected chi connectivity index (χ1v) is 13.0. The minimum absolute atomic E-state index is 0.421. The number of aryl methyl sites for hydroxylation is 1. The number of fused-ring (bicyclic) bond motifs is 3. The van der Waals surface area contributed by atoms with Crippen LogP contribution in [0.3, 0.4) is 0 Å². The van der Waals surface area contributed by atoms with Gasteiger partial charge in [-0.3, -0.25) is 10.1 Å². The molecule has 39 heavy (non-hydrogen) atoms. The molecule has 1 fully saturated rings. The Balaban J connectivity index is 1.28. The first kappa shape index (κ1) is 24.9. The molecule has 196 valence electrons. The van der Waals surface area contributed by atoms with E-state index in [0.717, 1.165) is 32.7 Å². The number of benzene rings is 4. The van der Waals surface area contributed by atoms with Gasteiger partial charge in [0.2, 0.25) is 0 Å². The number of carboxylic acids is 1. The number of carbonyl (C=O) groups is 2. The van der Waals surface area contributed by atoms with E-state index < -0.39 is 23.6 Å². The third-order valence-electron chi connectivity index (χ3n) is 7.53. The van der Waals surface area contributed by atoms with E-state index in [1.54, 1.807) is 19.9 Å². The molecule has 0 saturated heterocycles. The molecule has 1 aromatic heterocycles. The maximum Gasteiger partial charge on any atom is 0.412 e. The molecule has 1 heterocycles. The van der Waals surface area contributed by atoms with Gasteiger partial charge in [0.15, 0.2) is 5.76 Å². The standard InChI is InChI=1S/C31H25ClN2O5/c1-17-27(33-30(37)38-18(2)23-5-3-4-6-26(23)32)28(39-34-17)21-9-11-24-19(15-21)7-8-20-16-22(10-12-25(20)24)31(13-14-31)29(35)36/h3-12,15-16,18H,13-14H2,1-2H3,(H,33,37)(H,35,36). The molecule has 5 aromatic rings. The number of aliphatic carboxylic acids is 1. The highest BCUT2D eigenvalue weighted by molar-refractivity contribution is 6.31. The number of hydrogen-bond acceptors (Lipinski definition) is 5. The Morgan fingerprint density at radius 1 is 1.03 bits per heavy atom. The number of aromatic nitrogens is 1. The number of nitrogens with zero attached hydrogens (tertiary/aromatic N) is 1. The van der Waals surface area contributed by atoms with Gasteiger partial charge in [0.05, 0.1) is 5.41 Å². The number of rotatable bonds is 6. The van der Waals surface area contributed by atoms with Crippen molar-refractivity contribution >= 4 is 50.9 Å². The quantitative estimate of drug-likeness (QED) is 0.211. The van der Waals surface area contributed by atoms with Crippen LogP contribution >= 0.6 is 11.6 Å². The van der Waals surface area contributed by atoms with Gasteiger partial charge >= 0.3 is 12.1 Å². The number of hydrogen-bond donors (Lipinski definition) is 2. The van der Waals surface area contributed by atoms with Crippen LogP contribution in [0, 0.1) is 6.92 Å². The molecule has 1 aliphatic rings. The molecule has 0 bridgehead atoms. The van der Waals surface area contributed by atoms with Crippen LogP contribution in [0.1, 0.15) is 42.7 Å². The number of halogens is 1. The smallest absolute Gasteiger partial charge is 0.412 e. The predicted octanol–water partition coefficient (Wildman–Crippen LogP) is 8.04. The fourth-order valence-corrected chi connectivity index (χ4v) is 5.42. The van der Waals surface area contributed by atoms with Crippen LogP contribution in [-0.4, -0.2) is 22.3 Å². The third kappa shape index (κ3) is 4.38. The second-order valence-corrected chi connectivity index (χ2v) is 10.4. The first-order valence-electron chi connectivity index (χ1n) is 12.7. The Morgan fingerprint density at radius 3 is 2.41 bits per heavy atom. The molecule has 2 N–H and O–H groups in total. The molecular weight excluding hydrogens is 516 g/mol. The van der Waals surface area contributed by atoms with Crippen molar-refractivity contribution in [3.63, 3.8) is 0 Å². The number of nitrogens with one attached hydrogen (secondary N) is 1. The maximum absolute atomic E-state index is 12.8. The van der Waals surface area contributed by atoms with Crippen molar-refractivity contribution in [2.75, 3.05) is 5.32 Å². The van der Waals surface area contributed by atoms with Crippen molar-refractivity contribution in [2.24, 2.45) is 0 Å². The van der Waals surface area contributed by atoms with E-state index >= 15 is 0 Å². The average molecular weight is 541 g/mol. The molecule has 0 radical (unpaired) electrons. The zero-order chi connectivity index (χ0) is 27.3. The van der Waals surface area contributed by atoms with Gasteiger partial charge in [-0.15, -0.1) is 0 Å². The highest BCUT2D eigenvalue weighted by atomic mass is 35.5. The number of carbonyl (C=O) groups excluding carboxylic acids is 1. The van der Waals surface area contributed by atoms with Crippen molar-refractivity contribution in [3.8, 4) is 11.3 Å². The molecule has 1 aliphatic carbocycles. The Morgan fingerprint density at radius 2 is 1.72 bits per heavy atom. The fourth-order valence-electron chi connectivity index (χ4n) is 5.14. The van der Waals surface area contributed by atoms with Gasteiger partial charge in [0.25, 0.3) is 0 Å². The van der Waals surface area contributed by atoms with Crippen LogP contribution in [0.2, 0.25) is 5.02 Å². The highest BCUT2D eigenvalue weighted by Gasteiger charge is 2.51. The zero-order valence-electron chi connectivity index (χ0n) is 21.3. The lowest BCUT2D eigenvalue weighted by atomic mass is 9.92. The van der Waals surface area contributed by atoms with E-state index in [-0.39, 0.29) is 0 Å². The Bertz CT molecular complexity index is 1770. The van der Waals surface area contributed by atoms with Crippen molar-refractivity contribution in [1.29, 1.82) is 0 Å². The summed E-state index contributed by atoms with van der Waals surface area (Å²) in [5.41, 5.74) is 2.51. The van der Waals surface area contributed by atoms with Crippen molar-refractivity contribution in [1.82, 2.24) is 5.16 Å². The lowest BCUT2D eigenvalue weighted by Gasteiger charge is -2.15. The second-order valence-electron chi connectivity index (χ2n) is 9.99. The Hall–Kier alpha value is -4.36. The third-order valence-corrected chi connectivity index (χ3v) is 7.87. The van der Waals surface area contributed by atoms with Gasteiger partial charge in [-0.1, -0.05) is 71.4 Å². The molecule has 7 nitrogen and oxygen atoms in total. The number of carboxylic acid groups (broad SMARTS) is 1.